The Hall–Kier alpha value is -0.620. The second-order valence-corrected chi connectivity index (χ2v) is 4.82. The third-order valence-corrected chi connectivity index (χ3v) is 2.34. The molecule has 0 aromatic carbocycles. The maximum atomic E-state index is 9.96. The van der Waals surface area contributed by atoms with E-state index in [-0.39, 0.29) is 5.75 Å². The van der Waals surface area contributed by atoms with Crippen molar-refractivity contribution in [2.24, 2.45) is 0 Å². The molecule has 15 heavy (non-hydrogen) atoms. The van der Waals surface area contributed by atoms with Gasteiger partial charge < -0.3 is 5.11 Å². The minimum absolute atomic E-state index is 0.201. The van der Waals surface area contributed by atoms with Crippen LogP contribution in [-0.4, -0.2) is 29.8 Å². The molecule has 0 unspecified atom stereocenters. The molecule has 0 aliphatic rings. The minimum Gasteiger partial charge on any atom is -0.481 e. The highest BCUT2D eigenvalue weighted by Crippen LogP contribution is 2.01. The second kappa shape index (κ2) is 9.92. The minimum atomic E-state index is -3.66. The zero-order valence-electron chi connectivity index (χ0n) is 9.27. The van der Waals surface area contributed by atoms with Gasteiger partial charge in [0.05, 0.1) is 5.75 Å². The van der Waals surface area contributed by atoms with Crippen LogP contribution in [0.15, 0.2) is 0 Å². The largest absolute Gasteiger partial charge is 0.481 e. The van der Waals surface area contributed by atoms with Gasteiger partial charge in [-0.15, -0.1) is 0 Å². The van der Waals surface area contributed by atoms with Gasteiger partial charge in [-0.1, -0.05) is 26.2 Å². The topological polar surface area (TPSA) is 91.7 Å². The van der Waals surface area contributed by atoms with Crippen LogP contribution in [0.25, 0.3) is 0 Å². The monoisotopic (exact) mass is 240 g/mol. The Kier molecular flexibility index (Phi) is 11.1. The first-order valence-corrected chi connectivity index (χ1v) is 6.61. The van der Waals surface area contributed by atoms with Crippen molar-refractivity contribution in [3.63, 3.8) is 0 Å². The van der Waals surface area contributed by atoms with Crippen LogP contribution >= 0.6 is 0 Å². The molecule has 0 aliphatic carbocycles. The molecule has 0 saturated carbocycles. The molecule has 6 heteroatoms. The molecule has 0 saturated heterocycles. The summed E-state index contributed by atoms with van der Waals surface area (Å²) in [6.45, 7) is 3.48. The number of hydrogen-bond acceptors (Lipinski definition) is 3. The van der Waals surface area contributed by atoms with E-state index in [1.54, 1.807) is 0 Å². The van der Waals surface area contributed by atoms with Gasteiger partial charge in [-0.3, -0.25) is 9.35 Å². The molecule has 2 N–H and O–H groups in total. The Morgan fingerprint density at radius 1 is 1.13 bits per heavy atom. The average Bonchev–Trinajstić information content (AvgIpc) is 2.12. The molecule has 0 aromatic rings. The average molecular weight is 240 g/mol. The number of carbonyl (C=O) groups is 1. The van der Waals surface area contributed by atoms with Crippen LogP contribution in [0, 0.1) is 0 Å². The van der Waals surface area contributed by atoms with Gasteiger partial charge >= 0.3 is 5.97 Å². The molecule has 92 valence electrons. The zero-order valence-corrected chi connectivity index (χ0v) is 10.1. The fraction of sp³-hybridized carbons (Fsp3) is 0.889. The lowest BCUT2D eigenvalue weighted by Crippen LogP contribution is -1.97. The third kappa shape index (κ3) is 24.7. The molecule has 0 bridgehead atoms. The smallest absolute Gasteiger partial charge is 0.303 e. The molecular weight excluding hydrogens is 220 g/mol. The van der Waals surface area contributed by atoms with E-state index in [1.165, 1.54) is 13.3 Å². The van der Waals surface area contributed by atoms with Gasteiger partial charge in [-0.2, -0.15) is 8.42 Å². The first kappa shape index (κ1) is 16.8. The van der Waals surface area contributed by atoms with E-state index in [0.717, 1.165) is 19.3 Å². The van der Waals surface area contributed by atoms with E-state index < -0.39 is 16.1 Å². The lowest BCUT2D eigenvalue weighted by molar-refractivity contribution is -0.137. The molecule has 5 nitrogen and oxygen atoms in total. The van der Waals surface area contributed by atoms with E-state index in [1.807, 2.05) is 0 Å². The summed E-state index contributed by atoms with van der Waals surface area (Å²) in [5.41, 5.74) is 0. The van der Waals surface area contributed by atoms with E-state index in [2.05, 4.69) is 6.92 Å². The van der Waals surface area contributed by atoms with Crippen LogP contribution in [0.2, 0.25) is 0 Å². The SMILES string of the molecule is CCCCCCC(=O)O.CCS(=O)(=O)O. The van der Waals surface area contributed by atoms with E-state index in [0.29, 0.717) is 6.42 Å². The van der Waals surface area contributed by atoms with Crippen LogP contribution in [0.1, 0.15) is 46.0 Å². The van der Waals surface area contributed by atoms with E-state index in [9.17, 15) is 13.2 Å². The molecule has 0 rings (SSSR count). The van der Waals surface area contributed by atoms with Crippen LogP contribution in [0.3, 0.4) is 0 Å². The van der Waals surface area contributed by atoms with Crippen molar-refractivity contribution in [2.45, 2.75) is 46.0 Å². The molecular formula is C9H20O5S. The van der Waals surface area contributed by atoms with Gasteiger partial charge in [0.2, 0.25) is 0 Å². The molecule has 0 radical (unpaired) electrons. The predicted octanol–water partition coefficient (Wildman–Crippen LogP) is 1.94. The lowest BCUT2D eigenvalue weighted by Gasteiger charge is -1.92. The normalized spacial score (nSPS) is 10.3. The number of rotatable bonds is 6. The van der Waals surface area contributed by atoms with Gasteiger partial charge in [0.25, 0.3) is 10.1 Å². The number of aliphatic carboxylic acids is 1. The Morgan fingerprint density at radius 2 is 1.60 bits per heavy atom. The molecule has 0 aliphatic heterocycles. The van der Waals surface area contributed by atoms with Crippen molar-refractivity contribution in [2.75, 3.05) is 5.75 Å². The summed E-state index contributed by atoms with van der Waals surface area (Å²) >= 11 is 0. The van der Waals surface area contributed by atoms with Crippen molar-refractivity contribution in [3.05, 3.63) is 0 Å². The second-order valence-electron chi connectivity index (χ2n) is 3.07. The van der Waals surface area contributed by atoms with Crippen LogP contribution in [0.4, 0.5) is 0 Å². The number of unbranched alkanes of at least 4 members (excludes halogenated alkanes) is 3. The van der Waals surface area contributed by atoms with Crippen molar-refractivity contribution in [3.8, 4) is 0 Å². The van der Waals surface area contributed by atoms with Gasteiger partial charge in [-0.25, -0.2) is 0 Å². The van der Waals surface area contributed by atoms with Crippen molar-refractivity contribution < 1.29 is 22.9 Å². The Morgan fingerprint density at radius 3 is 1.87 bits per heavy atom. The summed E-state index contributed by atoms with van der Waals surface area (Å²) in [5.74, 6) is -0.876. The first-order chi connectivity index (χ1) is 6.83. The zero-order chi connectivity index (χ0) is 12.3. The molecule has 0 heterocycles. The van der Waals surface area contributed by atoms with Crippen LogP contribution in [0.5, 0.6) is 0 Å². The highest BCUT2D eigenvalue weighted by atomic mass is 32.2. The number of carboxylic acid groups (broad SMARTS) is 1. The van der Waals surface area contributed by atoms with E-state index in [4.69, 9.17) is 9.66 Å². The highest BCUT2D eigenvalue weighted by molar-refractivity contribution is 7.85. The predicted molar refractivity (Wildman–Crippen MR) is 58.5 cm³/mol. The van der Waals surface area contributed by atoms with Gasteiger partial charge in [-0.05, 0) is 13.3 Å². The number of hydrogen-bond donors (Lipinski definition) is 2. The fourth-order valence-electron chi connectivity index (χ4n) is 0.703. The summed E-state index contributed by atoms with van der Waals surface area (Å²) < 4.78 is 26.9. The summed E-state index contributed by atoms with van der Waals surface area (Å²) in [4.78, 5) is 9.96. The standard InChI is InChI=1S/C7H14O2.C2H6O3S/c1-2-3-4-5-6-7(8)9;1-2-6(3,4)5/h2-6H2,1H3,(H,8,9);2H2,1H3,(H,3,4,5). The Labute approximate surface area is 91.2 Å². The fourth-order valence-corrected chi connectivity index (χ4v) is 0.703. The van der Waals surface area contributed by atoms with Crippen molar-refractivity contribution in [1.82, 2.24) is 0 Å². The Bertz CT molecular complexity index is 245. The maximum Gasteiger partial charge on any atom is 0.303 e. The quantitative estimate of drug-likeness (QED) is 0.546. The van der Waals surface area contributed by atoms with Crippen LogP contribution < -0.4 is 0 Å². The summed E-state index contributed by atoms with van der Waals surface area (Å²) in [5, 5.41) is 8.21. The summed E-state index contributed by atoms with van der Waals surface area (Å²) in [7, 11) is -3.66. The molecule has 0 atom stereocenters. The Balaban J connectivity index is 0. The molecule has 0 spiro atoms. The molecule has 0 aromatic heterocycles. The van der Waals surface area contributed by atoms with E-state index >= 15 is 0 Å². The van der Waals surface area contributed by atoms with Crippen molar-refractivity contribution in [1.29, 1.82) is 0 Å². The number of carboxylic acids is 1. The maximum absolute atomic E-state index is 9.96. The van der Waals surface area contributed by atoms with Crippen LogP contribution in [-0.2, 0) is 14.9 Å². The highest BCUT2D eigenvalue weighted by Gasteiger charge is 1.94. The summed E-state index contributed by atoms with van der Waals surface area (Å²) in [6.07, 6.45) is 4.55. The van der Waals surface area contributed by atoms with Gasteiger partial charge in [0.1, 0.15) is 0 Å². The van der Waals surface area contributed by atoms with Crippen molar-refractivity contribution >= 4 is 16.1 Å². The molecule has 0 amide bonds. The lowest BCUT2D eigenvalue weighted by atomic mass is 10.2. The third-order valence-electron chi connectivity index (χ3n) is 1.61. The van der Waals surface area contributed by atoms with Gasteiger partial charge in [0.15, 0.2) is 0 Å². The molecule has 0 fully saturated rings. The summed E-state index contributed by atoms with van der Waals surface area (Å²) in [6, 6.07) is 0. The first-order valence-electron chi connectivity index (χ1n) is 5.00. The van der Waals surface area contributed by atoms with Gasteiger partial charge in [0, 0.05) is 6.42 Å².